The van der Waals surface area contributed by atoms with E-state index in [0.717, 1.165) is 5.69 Å². The van der Waals surface area contributed by atoms with Gasteiger partial charge < -0.3 is 4.90 Å². The summed E-state index contributed by atoms with van der Waals surface area (Å²) in [6.07, 6.45) is 1.50. The van der Waals surface area contributed by atoms with E-state index in [2.05, 4.69) is 28.5 Å². The summed E-state index contributed by atoms with van der Waals surface area (Å²) in [5.41, 5.74) is 2.59. The van der Waals surface area contributed by atoms with Crippen molar-refractivity contribution in [2.24, 2.45) is 0 Å². The first-order chi connectivity index (χ1) is 10.6. The van der Waals surface area contributed by atoms with Crippen molar-refractivity contribution in [2.45, 2.75) is 13.5 Å². The molecule has 6 nitrogen and oxygen atoms in total. The van der Waals surface area contributed by atoms with Gasteiger partial charge >= 0.3 is 0 Å². The van der Waals surface area contributed by atoms with Crippen LogP contribution >= 0.6 is 11.3 Å². The van der Waals surface area contributed by atoms with Crippen molar-refractivity contribution in [3.8, 4) is 5.69 Å². The normalized spacial score (nSPS) is 10.6. The van der Waals surface area contributed by atoms with E-state index in [1.54, 1.807) is 28.4 Å². The molecule has 1 amide bonds. The Hall–Kier alpha value is -2.54. The van der Waals surface area contributed by atoms with Gasteiger partial charge in [0, 0.05) is 17.5 Å². The number of nitrogens with zero attached hydrogens (tertiary/aromatic N) is 5. The van der Waals surface area contributed by atoms with Crippen molar-refractivity contribution < 1.29 is 4.79 Å². The Morgan fingerprint density at radius 1 is 1.36 bits per heavy atom. The van der Waals surface area contributed by atoms with Gasteiger partial charge in [0.1, 0.15) is 6.33 Å². The molecule has 0 unspecified atom stereocenters. The number of benzene rings is 1. The SMILES string of the molecule is Cc1ccsc1CN(C)C(=O)c1cccc(-n2cnnn2)c1. The predicted octanol–water partition coefficient (Wildman–Crippen LogP) is 2.30. The molecular formula is C15H15N5OS. The standard InChI is InChI=1S/C15H15N5OS/c1-11-6-7-22-14(11)9-19(2)15(21)12-4-3-5-13(8-12)20-10-16-17-18-20/h3-8,10H,9H2,1-2H3. The van der Waals surface area contributed by atoms with Gasteiger partial charge in [0.25, 0.3) is 5.91 Å². The third-order valence-corrected chi connectivity index (χ3v) is 4.41. The van der Waals surface area contributed by atoms with E-state index >= 15 is 0 Å². The van der Waals surface area contributed by atoms with Gasteiger partial charge in [-0.3, -0.25) is 4.79 Å². The maximum atomic E-state index is 12.6. The van der Waals surface area contributed by atoms with Crippen LogP contribution in [0.1, 0.15) is 20.8 Å². The molecular weight excluding hydrogens is 298 g/mol. The Kier molecular flexibility index (Phi) is 3.97. The van der Waals surface area contributed by atoms with Gasteiger partial charge in [0.15, 0.2) is 0 Å². The van der Waals surface area contributed by atoms with Crippen LogP contribution in [0.5, 0.6) is 0 Å². The summed E-state index contributed by atoms with van der Waals surface area (Å²) in [4.78, 5) is 15.5. The van der Waals surface area contributed by atoms with Crippen molar-refractivity contribution in [2.75, 3.05) is 7.05 Å². The van der Waals surface area contributed by atoms with Crippen molar-refractivity contribution >= 4 is 17.2 Å². The maximum absolute atomic E-state index is 12.6. The molecule has 112 valence electrons. The number of amides is 1. The van der Waals surface area contributed by atoms with Crippen LogP contribution in [-0.2, 0) is 6.54 Å². The number of hydrogen-bond acceptors (Lipinski definition) is 5. The van der Waals surface area contributed by atoms with Crippen LogP contribution in [0.3, 0.4) is 0 Å². The van der Waals surface area contributed by atoms with Crippen LogP contribution in [0.4, 0.5) is 0 Å². The summed E-state index contributed by atoms with van der Waals surface area (Å²) >= 11 is 1.67. The molecule has 0 bridgehead atoms. The number of tetrazole rings is 1. The minimum absolute atomic E-state index is 0.0253. The highest BCUT2D eigenvalue weighted by atomic mass is 32.1. The third kappa shape index (κ3) is 2.89. The summed E-state index contributed by atoms with van der Waals surface area (Å²) in [5.74, 6) is -0.0253. The van der Waals surface area contributed by atoms with E-state index in [1.807, 2.05) is 24.6 Å². The topological polar surface area (TPSA) is 63.9 Å². The molecule has 7 heteroatoms. The molecule has 3 rings (SSSR count). The number of carbonyl (C=O) groups excluding carboxylic acids is 1. The summed E-state index contributed by atoms with van der Waals surface area (Å²) in [6.45, 7) is 2.67. The van der Waals surface area contributed by atoms with E-state index in [4.69, 9.17) is 0 Å². The highest BCUT2D eigenvalue weighted by Gasteiger charge is 2.14. The molecule has 2 aromatic heterocycles. The van der Waals surface area contributed by atoms with Crippen molar-refractivity contribution in [1.29, 1.82) is 0 Å². The minimum Gasteiger partial charge on any atom is -0.337 e. The van der Waals surface area contributed by atoms with Gasteiger partial charge in [-0.2, -0.15) is 0 Å². The molecule has 1 aromatic carbocycles. The minimum atomic E-state index is -0.0253. The van der Waals surface area contributed by atoms with Crippen LogP contribution in [0.25, 0.3) is 5.69 Å². The van der Waals surface area contributed by atoms with Crippen LogP contribution < -0.4 is 0 Å². The molecule has 0 spiro atoms. The van der Waals surface area contributed by atoms with Crippen LogP contribution in [-0.4, -0.2) is 38.1 Å². The Labute approximate surface area is 132 Å². The second kappa shape index (κ2) is 6.07. The van der Waals surface area contributed by atoms with Gasteiger partial charge in [0.2, 0.25) is 0 Å². The summed E-state index contributed by atoms with van der Waals surface area (Å²) in [5, 5.41) is 13.1. The fourth-order valence-electron chi connectivity index (χ4n) is 2.13. The molecule has 0 aliphatic rings. The number of carbonyl (C=O) groups is 1. The molecule has 3 aromatic rings. The lowest BCUT2D eigenvalue weighted by Crippen LogP contribution is -2.26. The van der Waals surface area contributed by atoms with E-state index in [-0.39, 0.29) is 5.91 Å². The number of thiophene rings is 1. The van der Waals surface area contributed by atoms with Crippen molar-refractivity contribution in [3.63, 3.8) is 0 Å². The van der Waals surface area contributed by atoms with E-state index < -0.39 is 0 Å². The zero-order valence-corrected chi connectivity index (χ0v) is 13.1. The van der Waals surface area contributed by atoms with Gasteiger partial charge in [-0.05, 0) is 52.6 Å². The van der Waals surface area contributed by atoms with Gasteiger partial charge in [-0.15, -0.1) is 16.4 Å². The average Bonchev–Trinajstić information content (AvgIpc) is 3.19. The Bertz CT molecular complexity index is 781. The maximum Gasteiger partial charge on any atom is 0.253 e. The molecule has 0 radical (unpaired) electrons. The summed E-state index contributed by atoms with van der Waals surface area (Å²) in [7, 11) is 1.81. The molecule has 0 fully saturated rings. The first kappa shape index (κ1) is 14.4. The van der Waals surface area contributed by atoms with Crippen LogP contribution in [0.2, 0.25) is 0 Å². The smallest absolute Gasteiger partial charge is 0.253 e. The van der Waals surface area contributed by atoms with Gasteiger partial charge in [-0.1, -0.05) is 6.07 Å². The molecule has 0 saturated carbocycles. The lowest BCUT2D eigenvalue weighted by Gasteiger charge is -2.17. The van der Waals surface area contributed by atoms with Gasteiger partial charge in [0.05, 0.1) is 12.2 Å². The monoisotopic (exact) mass is 313 g/mol. The average molecular weight is 313 g/mol. The Morgan fingerprint density at radius 2 is 2.23 bits per heavy atom. The van der Waals surface area contributed by atoms with Gasteiger partial charge in [-0.25, -0.2) is 4.68 Å². The largest absolute Gasteiger partial charge is 0.337 e. The van der Waals surface area contributed by atoms with E-state index in [0.29, 0.717) is 12.1 Å². The Balaban J connectivity index is 1.80. The van der Waals surface area contributed by atoms with Crippen LogP contribution in [0, 0.1) is 6.92 Å². The molecule has 22 heavy (non-hydrogen) atoms. The third-order valence-electron chi connectivity index (χ3n) is 3.40. The van der Waals surface area contributed by atoms with Crippen molar-refractivity contribution in [1.82, 2.24) is 25.1 Å². The highest BCUT2D eigenvalue weighted by Crippen LogP contribution is 2.19. The molecule has 0 saturated heterocycles. The number of hydrogen-bond donors (Lipinski definition) is 0. The fourth-order valence-corrected chi connectivity index (χ4v) is 3.09. The van der Waals surface area contributed by atoms with Crippen molar-refractivity contribution in [3.05, 3.63) is 58.0 Å². The lowest BCUT2D eigenvalue weighted by atomic mass is 10.1. The summed E-state index contributed by atoms with van der Waals surface area (Å²) < 4.78 is 1.53. The second-order valence-electron chi connectivity index (χ2n) is 4.99. The number of aryl methyl sites for hydroxylation is 1. The Morgan fingerprint density at radius 3 is 2.91 bits per heavy atom. The first-order valence-electron chi connectivity index (χ1n) is 6.77. The highest BCUT2D eigenvalue weighted by molar-refractivity contribution is 7.10. The van der Waals surface area contributed by atoms with Crippen LogP contribution in [0.15, 0.2) is 42.0 Å². The zero-order chi connectivity index (χ0) is 15.5. The van der Waals surface area contributed by atoms with E-state index in [1.165, 1.54) is 21.4 Å². The second-order valence-corrected chi connectivity index (χ2v) is 5.99. The molecule has 0 aliphatic heterocycles. The molecule has 0 aliphatic carbocycles. The quantitative estimate of drug-likeness (QED) is 0.741. The number of rotatable bonds is 4. The fraction of sp³-hybridized carbons (Fsp3) is 0.200. The van der Waals surface area contributed by atoms with E-state index in [9.17, 15) is 4.79 Å². The molecule has 0 atom stereocenters. The lowest BCUT2D eigenvalue weighted by molar-refractivity contribution is 0.0786. The predicted molar refractivity (Wildman–Crippen MR) is 84.0 cm³/mol. The molecule has 0 N–H and O–H groups in total. The summed E-state index contributed by atoms with van der Waals surface area (Å²) in [6, 6.07) is 9.34. The first-order valence-corrected chi connectivity index (χ1v) is 7.65. The number of aromatic nitrogens is 4. The molecule has 2 heterocycles. The zero-order valence-electron chi connectivity index (χ0n) is 12.3.